The van der Waals surface area contributed by atoms with Crippen LogP contribution < -0.4 is 0 Å². The van der Waals surface area contributed by atoms with E-state index in [4.69, 9.17) is 0 Å². The molecule has 5 heteroatoms. The minimum Gasteiger partial charge on any atom is -0.392 e. The fraction of sp³-hybridized carbons (Fsp3) is 0.375. The molecule has 0 radical (unpaired) electrons. The number of nitrogens with zero attached hydrogens (tertiary/aromatic N) is 4. The molecular formula is C16H20N4O. The molecule has 0 fully saturated rings. The lowest BCUT2D eigenvalue weighted by Gasteiger charge is -2.10. The molecule has 110 valence electrons. The van der Waals surface area contributed by atoms with Crippen LogP contribution in [0.2, 0.25) is 0 Å². The lowest BCUT2D eigenvalue weighted by molar-refractivity contribution is 0.282. The van der Waals surface area contributed by atoms with E-state index in [2.05, 4.69) is 40.8 Å². The minimum absolute atomic E-state index is 0.0602. The van der Waals surface area contributed by atoms with Crippen LogP contribution in [0.15, 0.2) is 36.8 Å². The Morgan fingerprint density at radius 3 is 2.86 bits per heavy atom. The van der Waals surface area contributed by atoms with Crippen LogP contribution >= 0.6 is 0 Å². The summed E-state index contributed by atoms with van der Waals surface area (Å²) < 4.78 is 4.11. The highest BCUT2D eigenvalue weighted by molar-refractivity contribution is 5.80. The van der Waals surface area contributed by atoms with Gasteiger partial charge in [-0.1, -0.05) is 26.0 Å². The second-order valence-corrected chi connectivity index (χ2v) is 5.75. The Hall–Kier alpha value is -2.14. The van der Waals surface area contributed by atoms with Gasteiger partial charge in [-0.3, -0.25) is 0 Å². The predicted octanol–water partition coefficient (Wildman–Crippen LogP) is 2.43. The molecule has 21 heavy (non-hydrogen) atoms. The van der Waals surface area contributed by atoms with Crippen molar-refractivity contribution < 1.29 is 5.11 Å². The first-order valence-corrected chi connectivity index (χ1v) is 7.22. The SMILES string of the molecule is CC(C)Cn1ncnc1Cn1ccc2ccc(CO)cc21. The summed E-state index contributed by atoms with van der Waals surface area (Å²) in [6.07, 6.45) is 3.67. The number of fused-ring (bicyclic) bond motifs is 1. The van der Waals surface area contributed by atoms with Gasteiger partial charge in [0, 0.05) is 18.3 Å². The molecule has 0 atom stereocenters. The van der Waals surface area contributed by atoms with Crippen LogP contribution in [0.1, 0.15) is 25.2 Å². The van der Waals surface area contributed by atoms with E-state index >= 15 is 0 Å². The van der Waals surface area contributed by atoms with Crippen molar-refractivity contribution in [3.05, 3.63) is 48.2 Å². The second-order valence-electron chi connectivity index (χ2n) is 5.75. The van der Waals surface area contributed by atoms with Gasteiger partial charge in [0.15, 0.2) is 0 Å². The third-order valence-corrected chi connectivity index (χ3v) is 3.57. The molecule has 0 bridgehead atoms. The summed E-state index contributed by atoms with van der Waals surface area (Å²) in [7, 11) is 0. The Kier molecular flexibility index (Phi) is 3.75. The van der Waals surface area contributed by atoms with Crippen LogP contribution in [0, 0.1) is 5.92 Å². The Bertz CT molecular complexity index is 742. The zero-order valence-corrected chi connectivity index (χ0v) is 12.4. The van der Waals surface area contributed by atoms with Crippen molar-refractivity contribution >= 4 is 10.9 Å². The molecular weight excluding hydrogens is 264 g/mol. The van der Waals surface area contributed by atoms with Crippen molar-refractivity contribution in [2.45, 2.75) is 33.5 Å². The van der Waals surface area contributed by atoms with E-state index in [0.29, 0.717) is 12.5 Å². The Balaban J connectivity index is 1.93. The van der Waals surface area contributed by atoms with E-state index in [1.54, 1.807) is 6.33 Å². The second kappa shape index (κ2) is 5.69. The Morgan fingerprint density at radius 1 is 1.24 bits per heavy atom. The molecule has 1 aromatic carbocycles. The third-order valence-electron chi connectivity index (χ3n) is 3.57. The predicted molar refractivity (Wildman–Crippen MR) is 81.8 cm³/mol. The third kappa shape index (κ3) is 2.83. The first-order chi connectivity index (χ1) is 10.2. The van der Waals surface area contributed by atoms with Crippen LogP contribution in [0.25, 0.3) is 10.9 Å². The number of benzene rings is 1. The van der Waals surface area contributed by atoms with Gasteiger partial charge in [0.25, 0.3) is 0 Å². The normalized spacial score (nSPS) is 11.6. The van der Waals surface area contributed by atoms with Crippen molar-refractivity contribution in [3.8, 4) is 0 Å². The van der Waals surface area contributed by atoms with Gasteiger partial charge in [-0.2, -0.15) is 5.10 Å². The van der Waals surface area contributed by atoms with E-state index in [0.717, 1.165) is 23.4 Å². The van der Waals surface area contributed by atoms with Gasteiger partial charge in [-0.15, -0.1) is 0 Å². The fourth-order valence-electron chi connectivity index (χ4n) is 2.53. The molecule has 3 rings (SSSR count). The van der Waals surface area contributed by atoms with Gasteiger partial charge in [0.05, 0.1) is 13.2 Å². The maximum absolute atomic E-state index is 9.29. The number of aliphatic hydroxyl groups is 1. The van der Waals surface area contributed by atoms with Crippen molar-refractivity contribution in [1.82, 2.24) is 19.3 Å². The first-order valence-electron chi connectivity index (χ1n) is 7.22. The zero-order chi connectivity index (χ0) is 14.8. The lowest BCUT2D eigenvalue weighted by Crippen LogP contribution is -2.13. The number of rotatable bonds is 5. The summed E-state index contributed by atoms with van der Waals surface area (Å²) in [5, 5.41) is 14.8. The fourth-order valence-corrected chi connectivity index (χ4v) is 2.53. The standard InChI is InChI=1S/C16H20N4O/c1-12(2)8-20-16(17-11-18-20)9-19-6-5-14-4-3-13(10-21)7-15(14)19/h3-7,11-12,21H,8-10H2,1-2H3. The van der Waals surface area contributed by atoms with Crippen molar-refractivity contribution in [1.29, 1.82) is 0 Å². The zero-order valence-electron chi connectivity index (χ0n) is 12.4. The molecule has 2 heterocycles. The van der Waals surface area contributed by atoms with Gasteiger partial charge in [-0.25, -0.2) is 9.67 Å². The summed E-state index contributed by atoms with van der Waals surface area (Å²) in [5.74, 6) is 1.49. The average Bonchev–Trinajstić information content (AvgIpc) is 3.06. The molecule has 0 aliphatic carbocycles. The molecule has 0 saturated heterocycles. The molecule has 0 saturated carbocycles. The van der Waals surface area contributed by atoms with E-state index < -0.39 is 0 Å². The molecule has 0 aliphatic heterocycles. The molecule has 0 unspecified atom stereocenters. The highest BCUT2D eigenvalue weighted by Crippen LogP contribution is 2.19. The monoisotopic (exact) mass is 284 g/mol. The number of hydrogen-bond donors (Lipinski definition) is 1. The summed E-state index contributed by atoms with van der Waals surface area (Å²) in [4.78, 5) is 4.38. The average molecular weight is 284 g/mol. The van der Waals surface area contributed by atoms with E-state index in [1.807, 2.05) is 22.9 Å². The highest BCUT2D eigenvalue weighted by atomic mass is 16.3. The Morgan fingerprint density at radius 2 is 2.10 bits per heavy atom. The molecule has 0 spiro atoms. The van der Waals surface area contributed by atoms with Crippen LogP contribution in [-0.4, -0.2) is 24.4 Å². The first kappa shape index (κ1) is 13.8. The molecule has 0 amide bonds. The van der Waals surface area contributed by atoms with Crippen LogP contribution in [0.5, 0.6) is 0 Å². The van der Waals surface area contributed by atoms with Crippen LogP contribution in [-0.2, 0) is 19.7 Å². The summed E-state index contributed by atoms with van der Waals surface area (Å²) >= 11 is 0. The maximum atomic E-state index is 9.29. The number of hydrogen-bond acceptors (Lipinski definition) is 3. The number of aromatic nitrogens is 4. The Labute approximate surface area is 123 Å². The van der Waals surface area contributed by atoms with E-state index in [1.165, 1.54) is 5.39 Å². The molecule has 1 N–H and O–H groups in total. The maximum Gasteiger partial charge on any atom is 0.146 e. The quantitative estimate of drug-likeness (QED) is 0.783. The van der Waals surface area contributed by atoms with Gasteiger partial charge >= 0.3 is 0 Å². The topological polar surface area (TPSA) is 55.9 Å². The van der Waals surface area contributed by atoms with E-state index in [9.17, 15) is 5.11 Å². The number of aliphatic hydroxyl groups excluding tert-OH is 1. The summed E-state index contributed by atoms with van der Waals surface area (Å²) in [5.41, 5.74) is 2.03. The van der Waals surface area contributed by atoms with Gasteiger partial charge in [-0.05, 0) is 29.0 Å². The lowest BCUT2D eigenvalue weighted by atomic mass is 10.2. The highest BCUT2D eigenvalue weighted by Gasteiger charge is 2.09. The van der Waals surface area contributed by atoms with Gasteiger partial charge in [0.2, 0.25) is 0 Å². The smallest absolute Gasteiger partial charge is 0.146 e. The molecule has 3 aromatic rings. The molecule has 5 nitrogen and oxygen atoms in total. The van der Waals surface area contributed by atoms with Gasteiger partial charge < -0.3 is 9.67 Å². The van der Waals surface area contributed by atoms with Crippen LogP contribution in [0.3, 0.4) is 0 Å². The summed E-state index contributed by atoms with van der Waals surface area (Å²) in [6.45, 7) is 5.96. The summed E-state index contributed by atoms with van der Waals surface area (Å²) in [6, 6.07) is 8.10. The minimum atomic E-state index is 0.0602. The van der Waals surface area contributed by atoms with Crippen molar-refractivity contribution in [2.75, 3.05) is 0 Å². The van der Waals surface area contributed by atoms with Crippen molar-refractivity contribution in [3.63, 3.8) is 0 Å². The van der Waals surface area contributed by atoms with Crippen molar-refractivity contribution in [2.24, 2.45) is 5.92 Å². The van der Waals surface area contributed by atoms with Crippen LogP contribution in [0.4, 0.5) is 0 Å². The molecule has 2 aromatic heterocycles. The molecule has 0 aliphatic rings. The van der Waals surface area contributed by atoms with E-state index in [-0.39, 0.29) is 6.61 Å². The largest absolute Gasteiger partial charge is 0.392 e. The van der Waals surface area contributed by atoms with Gasteiger partial charge in [0.1, 0.15) is 12.2 Å².